The van der Waals surface area contributed by atoms with Crippen LogP contribution in [0.2, 0.25) is 0 Å². The summed E-state index contributed by atoms with van der Waals surface area (Å²) in [5.41, 5.74) is -2.30. The molecule has 0 heterocycles. The van der Waals surface area contributed by atoms with Crippen molar-refractivity contribution in [2.24, 2.45) is 0 Å². The number of carbonyl (C=O) groups excluding carboxylic acids is 2. The Kier molecular flexibility index (Phi) is 5.25. The number of carboxylic acids is 1. The summed E-state index contributed by atoms with van der Waals surface area (Å²) in [6.07, 6.45) is -1.93. The zero-order valence-electron chi connectivity index (χ0n) is 10.8. The number of rotatable bonds is 7. The van der Waals surface area contributed by atoms with Crippen LogP contribution in [0.25, 0.3) is 0 Å². The van der Waals surface area contributed by atoms with E-state index < -0.39 is 30.0 Å². The first-order chi connectivity index (χ1) is 7.55. The van der Waals surface area contributed by atoms with E-state index in [2.05, 4.69) is 0 Å². The number of carboxylic acid groups (broad SMARTS) is 1. The second kappa shape index (κ2) is 5.57. The Balaban J connectivity index is 5.23. The first-order valence-electron chi connectivity index (χ1n) is 5.50. The van der Waals surface area contributed by atoms with Gasteiger partial charge in [0, 0.05) is 18.8 Å². The molecule has 0 saturated carbocycles. The number of nitrogens with zero attached hydrogens (tertiary/aromatic N) is 1. The molecule has 17 heavy (non-hydrogen) atoms. The average molecular weight is 247 g/mol. The molecule has 0 aromatic carbocycles. The highest BCUT2D eigenvalue weighted by Gasteiger charge is 2.49. The van der Waals surface area contributed by atoms with Crippen molar-refractivity contribution >= 4 is 11.8 Å². The Labute approximate surface area is 101 Å². The third-order valence-corrected chi connectivity index (χ3v) is 2.53. The number of hydrogen-bond donors (Lipinski definition) is 2. The van der Waals surface area contributed by atoms with E-state index in [0.29, 0.717) is 6.42 Å². The van der Waals surface area contributed by atoms with Gasteiger partial charge < -0.3 is 24.6 Å². The third-order valence-electron chi connectivity index (χ3n) is 2.53. The average Bonchev–Trinajstić information content (AvgIpc) is 2.14. The number of aliphatic carboxylic acids is 1. The summed E-state index contributed by atoms with van der Waals surface area (Å²) >= 11 is 0. The smallest absolute Gasteiger partial charge is 0.227 e. The summed E-state index contributed by atoms with van der Waals surface area (Å²) in [5, 5.41) is 30.7. The lowest BCUT2D eigenvalue weighted by Gasteiger charge is -2.40. The minimum atomic E-state index is -2.30. The fraction of sp³-hybridized carbons (Fsp3) is 0.818. The van der Waals surface area contributed by atoms with Gasteiger partial charge in [0.1, 0.15) is 0 Å². The van der Waals surface area contributed by atoms with Gasteiger partial charge >= 0.3 is 0 Å². The van der Waals surface area contributed by atoms with E-state index in [1.54, 1.807) is 28.1 Å². The van der Waals surface area contributed by atoms with Gasteiger partial charge in [0.2, 0.25) is 11.8 Å². The number of ketones is 1. The van der Waals surface area contributed by atoms with Crippen LogP contribution in [0.15, 0.2) is 0 Å². The Morgan fingerprint density at radius 3 is 2.12 bits per heavy atom. The molecule has 0 spiro atoms. The van der Waals surface area contributed by atoms with Gasteiger partial charge in [-0.25, -0.2) is 0 Å². The first-order valence-corrected chi connectivity index (χ1v) is 5.50. The van der Waals surface area contributed by atoms with Gasteiger partial charge in [-0.2, -0.15) is 0 Å². The summed E-state index contributed by atoms with van der Waals surface area (Å²) in [4.78, 5) is 22.4. The standard InChI is InChI=1S/C11H21NO5/c1-5-6-8(13)11(17,7-9(14)15)10(16)12(2,3)4/h10,16-17H,5-7H2,1-4H3. The lowest BCUT2D eigenvalue weighted by Crippen LogP contribution is -2.63. The summed E-state index contributed by atoms with van der Waals surface area (Å²) in [6.45, 7) is 1.73. The predicted octanol–water partition coefficient (Wildman–Crippen LogP) is -1.75. The van der Waals surface area contributed by atoms with Crippen LogP contribution >= 0.6 is 0 Å². The van der Waals surface area contributed by atoms with Crippen molar-refractivity contribution in [3.05, 3.63) is 0 Å². The summed E-state index contributed by atoms with van der Waals surface area (Å²) in [7, 11) is 4.68. The number of hydrogen-bond acceptors (Lipinski definition) is 5. The van der Waals surface area contributed by atoms with Gasteiger partial charge in [-0.3, -0.25) is 4.79 Å². The molecule has 0 aromatic heterocycles. The molecular weight excluding hydrogens is 226 g/mol. The molecule has 0 bridgehead atoms. The van der Waals surface area contributed by atoms with Crippen LogP contribution in [0.5, 0.6) is 0 Å². The van der Waals surface area contributed by atoms with Gasteiger partial charge in [-0.05, 0) is 6.42 Å². The van der Waals surface area contributed by atoms with E-state index in [4.69, 9.17) is 0 Å². The second-order valence-electron chi connectivity index (χ2n) is 5.14. The van der Waals surface area contributed by atoms with Crippen molar-refractivity contribution in [2.75, 3.05) is 21.1 Å². The number of Topliss-reactive ketones (excluding diaryl/α,β-unsaturated/α-hetero) is 1. The van der Waals surface area contributed by atoms with Crippen LogP contribution in [0.3, 0.4) is 0 Å². The Morgan fingerprint density at radius 2 is 1.82 bits per heavy atom. The van der Waals surface area contributed by atoms with Crippen molar-refractivity contribution in [1.82, 2.24) is 0 Å². The second-order valence-corrected chi connectivity index (χ2v) is 5.14. The maximum atomic E-state index is 11.8. The largest absolute Gasteiger partial charge is 0.550 e. The Morgan fingerprint density at radius 1 is 1.35 bits per heavy atom. The minimum absolute atomic E-state index is 0.0147. The Bertz CT molecular complexity index is 297. The quantitative estimate of drug-likeness (QED) is 0.411. The number of likely N-dealkylation sites (N-methyl/N-ethyl adjacent to an activating group) is 1. The van der Waals surface area contributed by atoms with E-state index in [1.165, 1.54) is 0 Å². The highest BCUT2D eigenvalue weighted by Crippen LogP contribution is 2.23. The van der Waals surface area contributed by atoms with E-state index in [0.717, 1.165) is 0 Å². The van der Waals surface area contributed by atoms with Crippen LogP contribution in [0, 0.1) is 0 Å². The molecule has 0 fully saturated rings. The molecule has 6 heteroatoms. The van der Waals surface area contributed by atoms with Crippen LogP contribution in [0.4, 0.5) is 0 Å². The molecule has 0 saturated heterocycles. The van der Waals surface area contributed by atoms with E-state index in [1.807, 2.05) is 0 Å². The molecule has 0 aliphatic carbocycles. The summed E-state index contributed by atoms with van der Waals surface area (Å²) in [5.74, 6) is -2.24. The molecular formula is C11H21NO5. The first kappa shape index (κ1) is 16.0. The van der Waals surface area contributed by atoms with Gasteiger partial charge in [0.25, 0.3) is 0 Å². The van der Waals surface area contributed by atoms with Gasteiger partial charge in [0.15, 0.2) is 5.78 Å². The van der Waals surface area contributed by atoms with Crippen molar-refractivity contribution in [1.29, 1.82) is 0 Å². The molecule has 100 valence electrons. The Hall–Kier alpha value is -0.980. The van der Waals surface area contributed by atoms with Crippen molar-refractivity contribution < 1.29 is 29.4 Å². The van der Waals surface area contributed by atoms with E-state index >= 15 is 0 Å². The molecule has 0 aliphatic heterocycles. The molecule has 0 aliphatic rings. The molecule has 0 amide bonds. The zero-order valence-corrected chi connectivity index (χ0v) is 10.8. The van der Waals surface area contributed by atoms with Gasteiger partial charge in [-0.1, -0.05) is 6.92 Å². The van der Waals surface area contributed by atoms with E-state index in [9.17, 15) is 24.9 Å². The van der Waals surface area contributed by atoms with Crippen LogP contribution < -0.4 is 5.11 Å². The topological polar surface area (TPSA) is 97.7 Å². The fourth-order valence-corrected chi connectivity index (χ4v) is 1.64. The predicted molar refractivity (Wildman–Crippen MR) is 58.5 cm³/mol. The normalized spacial score (nSPS) is 17.3. The van der Waals surface area contributed by atoms with Crippen LogP contribution in [0.1, 0.15) is 26.2 Å². The van der Waals surface area contributed by atoms with Crippen molar-refractivity contribution in [2.45, 2.75) is 38.0 Å². The van der Waals surface area contributed by atoms with Gasteiger partial charge in [-0.15, -0.1) is 0 Å². The maximum absolute atomic E-state index is 11.8. The monoisotopic (exact) mass is 247 g/mol. The third kappa shape index (κ3) is 4.07. The number of aliphatic hydroxyl groups excluding tert-OH is 1. The summed E-state index contributed by atoms with van der Waals surface area (Å²) in [6, 6.07) is 0. The molecule has 2 atom stereocenters. The summed E-state index contributed by atoms with van der Waals surface area (Å²) < 4.78 is -0.140. The lowest BCUT2D eigenvalue weighted by atomic mass is 9.88. The maximum Gasteiger partial charge on any atom is 0.227 e. The number of quaternary nitrogens is 1. The molecule has 0 rings (SSSR count). The highest BCUT2D eigenvalue weighted by molar-refractivity contribution is 5.90. The fourth-order valence-electron chi connectivity index (χ4n) is 1.64. The SMILES string of the molecule is CCCC(=O)C(O)(CC(=O)[O-])C(O)[N+](C)(C)C. The van der Waals surface area contributed by atoms with E-state index in [-0.39, 0.29) is 10.9 Å². The number of aliphatic hydroxyl groups is 2. The lowest BCUT2D eigenvalue weighted by molar-refractivity contribution is -0.925. The van der Waals surface area contributed by atoms with Crippen LogP contribution in [-0.2, 0) is 9.59 Å². The molecule has 2 unspecified atom stereocenters. The van der Waals surface area contributed by atoms with Gasteiger partial charge in [0.05, 0.1) is 21.1 Å². The number of carbonyl (C=O) groups is 2. The molecule has 6 nitrogen and oxygen atoms in total. The van der Waals surface area contributed by atoms with Crippen molar-refractivity contribution in [3.8, 4) is 0 Å². The minimum Gasteiger partial charge on any atom is -0.550 e. The highest BCUT2D eigenvalue weighted by atomic mass is 16.4. The molecule has 2 N–H and O–H groups in total. The molecule has 0 radical (unpaired) electrons. The van der Waals surface area contributed by atoms with Crippen molar-refractivity contribution in [3.63, 3.8) is 0 Å². The zero-order chi connectivity index (χ0) is 13.9. The van der Waals surface area contributed by atoms with Crippen LogP contribution in [-0.4, -0.2) is 59.4 Å². The molecule has 0 aromatic rings.